The second kappa shape index (κ2) is 9.41. The Balaban J connectivity index is 1.33. The normalized spacial score (nSPS) is 33.9. The largest absolute Gasteiger partial charge is 0.543 e. The third kappa shape index (κ3) is 3.81. The van der Waals surface area contributed by atoms with E-state index >= 15 is 0 Å². The van der Waals surface area contributed by atoms with Gasteiger partial charge in [-0.15, -0.1) is 0 Å². The summed E-state index contributed by atoms with van der Waals surface area (Å²) in [6.45, 7) is 14.1. The van der Waals surface area contributed by atoms with Crippen molar-refractivity contribution in [3.63, 3.8) is 0 Å². The molecule has 0 spiro atoms. The molecular weight excluding hydrogens is 527 g/mol. The van der Waals surface area contributed by atoms with Gasteiger partial charge in [0.2, 0.25) is 8.32 Å². The van der Waals surface area contributed by atoms with Gasteiger partial charge in [-0.3, -0.25) is 14.1 Å². The highest BCUT2D eigenvalue weighted by atomic mass is 28.4. The highest BCUT2D eigenvalue weighted by Gasteiger charge is 2.76. The molecule has 7 rings (SSSR count). The number of hydrogen-bond donors (Lipinski definition) is 0. The zero-order chi connectivity index (χ0) is 28.8. The number of nitrogens with zero attached hydrogens (tertiary/aromatic N) is 2. The second-order valence-electron chi connectivity index (χ2n) is 15.3. The van der Waals surface area contributed by atoms with Gasteiger partial charge in [0.05, 0.1) is 6.67 Å². The summed E-state index contributed by atoms with van der Waals surface area (Å²) in [7, 11) is -1.99. The molecule has 2 saturated heterocycles. The fraction of sp³-hybridized carbons (Fsp3) is 0.629. The van der Waals surface area contributed by atoms with Gasteiger partial charge in [0.25, 0.3) is 5.91 Å². The van der Waals surface area contributed by atoms with E-state index in [1.54, 1.807) is 0 Å². The van der Waals surface area contributed by atoms with Crippen molar-refractivity contribution >= 4 is 14.2 Å². The summed E-state index contributed by atoms with van der Waals surface area (Å²) in [4.78, 5) is 18.8. The molecule has 1 amide bonds. The van der Waals surface area contributed by atoms with Crippen LogP contribution >= 0.6 is 0 Å². The molecule has 4 nitrogen and oxygen atoms in total. The number of benzene rings is 2. The SMILES string of the molecule is CC(C)(C)[Si](C)(C)Oc1ccc2c(c1)[C@]13CCN(CCCF)[C@H](C2)[C@]12CCC1C3[C@@H](CN1C(=O)c1ccccc1)C2. The molecule has 4 bridgehead atoms. The van der Waals surface area contributed by atoms with E-state index in [1.807, 2.05) is 30.3 Å². The minimum absolute atomic E-state index is 0.0591. The molecule has 2 aliphatic heterocycles. The maximum Gasteiger partial charge on any atom is 0.254 e. The zero-order valence-electron chi connectivity index (χ0n) is 25.6. The first kappa shape index (κ1) is 27.6. The van der Waals surface area contributed by atoms with E-state index in [1.165, 1.54) is 17.5 Å². The Hall–Kier alpha value is -2.18. The number of amides is 1. The van der Waals surface area contributed by atoms with E-state index in [2.05, 4.69) is 61.9 Å². The molecule has 0 N–H and O–H groups in total. The van der Waals surface area contributed by atoms with E-state index in [9.17, 15) is 9.18 Å². The molecule has 2 saturated carbocycles. The van der Waals surface area contributed by atoms with Crippen molar-refractivity contribution in [2.75, 3.05) is 26.3 Å². The topological polar surface area (TPSA) is 32.8 Å². The lowest BCUT2D eigenvalue weighted by atomic mass is 9.43. The molecule has 5 aliphatic rings. The Morgan fingerprint density at radius 2 is 1.90 bits per heavy atom. The summed E-state index contributed by atoms with van der Waals surface area (Å²) in [5.41, 5.74) is 4.07. The number of rotatable bonds is 6. The van der Waals surface area contributed by atoms with Crippen molar-refractivity contribution in [2.24, 2.45) is 17.3 Å². The van der Waals surface area contributed by atoms with Crippen LogP contribution in [0.15, 0.2) is 48.5 Å². The predicted octanol–water partition coefficient (Wildman–Crippen LogP) is 7.24. The maximum absolute atomic E-state index is 13.9. The van der Waals surface area contributed by atoms with Crippen molar-refractivity contribution in [3.05, 3.63) is 65.2 Å². The summed E-state index contributed by atoms with van der Waals surface area (Å²) in [6.07, 6.45) is 6.23. The van der Waals surface area contributed by atoms with Crippen LogP contribution in [-0.4, -0.2) is 62.4 Å². The molecule has 0 radical (unpaired) electrons. The molecule has 41 heavy (non-hydrogen) atoms. The number of alkyl halides is 1. The Kier molecular flexibility index (Phi) is 6.34. The van der Waals surface area contributed by atoms with Crippen LogP contribution in [0.5, 0.6) is 5.75 Å². The Morgan fingerprint density at radius 3 is 2.63 bits per heavy atom. The van der Waals surface area contributed by atoms with Crippen LogP contribution in [0, 0.1) is 17.3 Å². The van der Waals surface area contributed by atoms with Gasteiger partial charge in [-0.05, 0) is 116 Å². The van der Waals surface area contributed by atoms with Gasteiger partial charge in [0, 0.05) is 36.2 Å². The molecule has 2 heterocycles. The fourth-order valence-corrected chi connectivity index (χ4v) is 11.1. The lowest BCUT2D eigenvalue weighted by Gasteiger charge is -2.66. The highest BCUT2D eigenvalue weighted by Crippen LogP contribution is 2.75. The fourth-order valence-electron chi connectivity index (χ4n) is 10.1. The first-order chi connectivity index (χ1) is 19.5. The van der Waals surface area contributed by atoms with Gasteiger partial charge < -0.3 is 9.33 Å². The quantitative estimate of drug-likeness (QED) is 0.341. The minimum atomic E-state index is -1.99. The molecule has 220 valence electrons. The average molecular weight is 575 g/mol. The summed E-state index contributed by atoms with van der Waals surface area (Å²) >= 11 is 0. The Morgan fingerprint density at radius 1 is 1.12 bits per heavy atom. The number of hydrogen-bond acceptors (Lipinski definition) is 3. The highest BCUT2D eigenvalue weighted by molar-refractivity contribution is 6.74. The summed E-state index contributed by atoms with van der Waals surface area (Å²) in [5, 5.41) is 0.135. The van der Waals surface area contributed by atoms with Crippen molar-refractivity contribution in [2.45, 2.75) is 94.9 Å². The van der Waals surface area contributed by atoms with Gasteiger partial charge >= 0.3 is 0 Å². The van der Waals surface area contributed by atoms with E-state index in [4.69, 9.17) is 4.43 Å². The van der Waals surface area contributed by atoms with Gasteiger partial charge in [0.15, 0.2) is 0 Å². The molecule has 6 atom stereocenters. The number of carbonyl (C=O) groups excluding carboxylic acids is 1. The molecule has 4 fully saturated rings. The van der Waals surface area contributed by atoms with E-state index in [0.717, 1.165) is 56.6 Å². The van der Waals surface area contributed by atoms with Crippen molar-refractivity contribution in [3.8, 4) is 5.75 Å². The Labute approximate surface area is 246 Å². The molecular formula is C35H47FN2O2Si. The van der Waals surface area contributed by atoms with Gasteiger partial charge in [-0.25, -0.2) is 0 Å². The van der Waals surface area contributed by atoms with E-state index < -0.39 is 8.32 Å². The average Bonchev–Trinajstić information content (AvgIpc) is 3.38. The number of carbonyl (C=O) groups is 1. The third-order valence-electron chi connectivity index (χ3n) is 12.6. The maximum atomic E-state index is 13.9. The smallest absolute Gasteiger partial charge is 0.254 e. The van der Waals surface area contributed by atoms with Crippen molar-refractivity contribution in [1.29, 1.82) is 0 Å². The first-order valence-corrected chi connectivity index (χ1v) is 18.9. The minimum Gasteiger partial charge on any atom is -0.543 e. The first-order valence-electron chi connectivity index (χ1n) is 16.0. The molecule has 0 aromatic heterocycles. The molecule has 6 heteroatoms. The van der Waals surface area contributed by atoms with Crippen LogP contribution in [0.2, 0.25) is 18.1 Å². The monoisotopic (exact) mass is 574 g/mol. The number of piperidine rings is 1. The van der Waals surface area contributed by atoms with Crippen molar-refractivity contribution in [1.82, 2.24) is 9.80 Å². The molecule has 2 aromatic rings. The predicted molar refractivity (Wildman–Crippen MR) is 165 cm³/mol. The Bertz CT molecular complexity index is 1340. The second-order valence-corrected chi connectivity index (χ2v) is 20.0. The van der Waals surface area contributed by atoms with Crippen LogP contribution in [-0.2, 0) is 11.8 Å². The summed E-state index contributed by atoms with van der Waals surface area (Å²) in [6, 6.07) is 17.7. The number of likely N-dealkylation sites (tertiary alicyclic amines) is 2. The molecule has 3 aliphatic carbocycles. The van der Waals surface area contributed by atoms with Crippen LogP contribution in [0.1, 0.15) is 74.4 Å². The van der Waals surface area contributed by atoms with Crippen LogP contribution < -0.4 is 4.43 Å². The van der Waals surface area contributed by atoms with Crippen LogP contribution in [0.25, 0.3) is 0 Å². The van der Waals surface area contributed by atoms with Gasteiger partial charge in [0.1, 0.15) is 5.75 Å². The van der Waals surface area contributed by atoms with Crippen LogP contribution in [0.3, 0.4) is 0 Å². The van der Waals surface area contributed by atoms with E-state index in [0.29, 0.717) is 24.3 Å². The number of halogens is 1. The zero-order valence-corrected chi connectivity index (χ0v) is 26.6. The van der Waals surface area contributed by atoms with Gasteiger partial charge in [-0.1, -0.05) is 45.0 Å². The summed E-state index contributed by atoms with van der Waals surface area (Å²) < 4.78 is 20.3. The third-order valence-corrected chi connectivity index (χ3v) is 17.0. The molecule has 2 aromatic carbocycles. The van der Waals surface area contributed by atoms with E-state index in [-0.39, 0.29) is 34.5 Å². The van der Waals surface area contributed by atoms with Gasteiger partial charge in [-0.2, -0.15) is 0 Å². The lowest BCUT2D eigenvalue weighted by molar-refractivity contribution is -0.101. The number of fused-ring (bicyclic) bond motifs is 1. The summed E-state index contributed by atoms with van der Waals surface area (Å²) in [5.74, 6) is 2.25. The van der Waals surface area contributed by atoms with Crippen LogP contribution in [0.4, 0.5) is 4.39 Å². The van der Waals surface area contributed by atoms with Crippen molar-refractivity contribution < 1.29 is 13.6 Å². The lowest BCUT2D eigenvalue weighted by Crippen LogP contribution is -2.69. The standard InChI is InChI=1S/C35H47FN2O2Si/c1-33(2,3)41(4,5)40-27-13-12-25-20-30-34-15-14-29-31(35(34,28(25)21-27)16-19-37(30)18-9-17-36)26(22-34)23-38(29)32(39)24-10-7-6-8-11-24/h6-8,10-13,21,26,29-31H,9,14-20,22-23H2,1-5H3/t26-,29?,30-,31?,34-,35+/m1/s1. The molecule has 2 unspecified atom stereocenters.